The van der Waals surface area contributed by atoms with E-state index in [2.05, 4.69) is 40.7 Å². The van der Waals surface area contributed by atoms with E-state index in [0.29, 0.717) is 26.2 Å². The van der Waals surface area contributed by atoms with Gasteiger partial charge in [0.15, 0.2) is 0 Å². The molecule has 0 unspecified atom stereocenters. The first-order valence-electron chi connectivity index (χ1n) is 11.9. The number of carbonyl (C=O) groups excluding carboxylic acids is 1. The predicted molar refractivity (Wildman–Crippen MR) is 140 cm³/mol. The van der Waals surface area contributed by atoms with E-state index in [0.717, 1.165) is 16.8 Å². The van der Waals surface area contributed by atoms with Gasteiger partial charge in [-0.2, -0.15) is 4.31 Å². The molecule has 3 aromatic rings. The van der Waals surface area contributed by atoms with E-state index in [4.69, 9.17) is 0 Å². The van der Waals surface area contributed by atoms with Gasteiger partial charge in [0.2, 0.25) is 10.0 Å². The third kappa shape index (κ3) is 6.61. The summed E-state index contributed by atoms with van der Waals surface area (Å²) >= 11 is 0. The lowest BCUT2D eigenvalue weighted by molar-refractivity contribution is 0.239. The number of hydrogen-bond acceptors (Lipinski definition) is 4. The number of piperazine rings is 1. The van der Waals surface area contributed by atoms with E-state index in [1.54, 1.807) is 0 Å². The van der Waals surface area contributed by atoms with Crippen molar-refractivity contribution < 1.29 is 13.2 Å². The Morgan fingerprint density at radius 1 is 0.857 bits per heavy atom. The standard InChI is InChI=1S/C27H32N4O3S/c1-22-9-8-14-25(21-22)30-16-18-31(19-17-30)35(33,34)20-15-28-27(32)29-26(23-10-4-2-5-11-23)24-12-6-3-7-13-24/h2-14,21,26H,15-20H2,1H3,(H2,28,29,32). The third-order valence-electron chi connectivity index (χ3n) is 6.19. The van der Waals surface area contributed by atoms with Gasteiger partial charge in [0.1, 0.15) is 0 Å². The smallest absolute Gasteiger partial charge is 0.315 e. The molecule has 2 N–H and O–H groups in total. The fraction of sp³-hybridized carbons (Fsp3) is 0.296. The van der Waals surface area contributed by atoms with Gasteiger partial charge in [0.25, 0.3) is 0 Å². The first-order chi connectivity index (χ1) is 16.9. The average Bonchev–Trinajstić information content (AvgIpc) is 2.88. The Balaban J connectivity index is 1.29. The molecule has 1 aliphatic rings. The molecule has 184 valence electrons. The Labute approximate surface area is 207 Å². The minimum Gasteiger partial charge on any atom is -0.369 e. The van der Waals surface area contributed by atoms with Gasteiger partial charge in [-0.15, -0.1) is 0 Å². The van der Waals surface area contributed by atoms with E-state index in [-0.39, 0.29) is 18.3 Å². The van der Waals surface area contributed by atoms with Crippen molar-refractivity contribution in [3.05, 3.63) is 102 Å². The van der Waals surface area contributed by atoms with E-state index in [1.807, 2.05) is 66.7 Å². The third-order valence-corrected chi connectivity index (χ3v) is 8.06. The topological polar surface area (TPSA) is 81.8 Å². The largest absolute Gasteiger partial charge is 0.369 e. The maximum atomic E-state index is 12.9. The van der Waals surface area contributed by atoms with Gasteiger partial charge in [0.05, 0.1) is 11.8 Å². The van der Waals surface area contributed by atoms with Crippen LogP contribution in [0.5, 0.6) is 0 Å². The molecule has 2 amide bonds. The molecular weight excluding hydrogens is 460 g/mol. The summed E-state index contributed by atoms with van der Waals surface area (Å²) in [6.07, 6.45) is 0. The molecule has 0 aliphatic carbocycles. The molecule has 0 spiro atoms. The Hall–Kier alpha value is -3.36. The average molecular weight is 493 g/mol. The first kappa shape index (κ1) is 24.8. The van der Waals surface area contributed by atoms with Crippen LogP contribution in [0.2, 0.25) is 0 Å². The van der Waals surface area contributed by atoms with Crippen molar-refractivity contribution in [2.75, 3.05) is 43.4 Å². The number of benzene rings is 3. The number of amides is 2. The number of nitrogens with one attached hydrogen (secondary N) is 2. The Kier molecular flexibility index (Phi) is 8.05. The van der Waals surface area contributed by atoms with Crippen molar-refractivity contribution in [2.45, 2.75) is 13.0 Å². The summed E-state index contributed by atoms with van der Waals surface area (Å²) in [4.78, 5) is 14.9. The molecule has 1 saturated heterocycles. The number of urea groups is 1. The Morgan fingerprint density at radius 2 is 1.46 bits per heavy atom. The fourth-order valence-corrected chi connectivity index (χ4v) is 5.64. The van der Waals surface area contributed by atoms with Gasteiger partial charge >= 0.3 is 6.03 Å². The number of sulfonamides is 1. The minimum absolute atomic E-state index is 0.0442. The van der Waals surface area contributed by atoms with Crippen molar-refractivity contribution in [1.29, 1.82) is 0 Å². The van der Waals surface area contributed by atoms with Gasteiger partial charge in [0, 0.05) is 38.4 Å². The van der Waals surface area contributed by atoms with Gasteiger partial charge in [-0.25, -0.2) is 13.2 Å². The zero-order chi connectivity index (χ0) is 24.7. The monoisotopic (exact) mass is 492 g/mol. The lowest BCUT2D eigenvalue weighted by Gasteiger charge is -2.35. The second-order valence-electron chi connectivity index (χ2n) is 8.70. The van der Waals surface area contributed by atoms with E-state index >= 15 is 0 Å². The SMILES string of the molecule is Cc1cccc(N2CCN(S(=O)(=O)CCNC(=O)NC(c3ccccc3)c3ccccc3)CC2)c1. The molecule has 1 fully saturated rings. The van der Waals surface area contributed by atoms with Crippen LogP contribution in [0.25, 0.3) is 0 Å². The summed E-state index contributed by atoms with van der Waals surface area (Å²) in [5, 5.41) is 5.70. The quantitative estimate of drug-likeness (QED) is 0.504. The number of anilines is 1. The highest BCUT2D eigenvalue weighted by atomic mass is 32.2. The van der Waals surface area contributed by atoms with Crippen molar-refractivity contribution in [2.24, 2.45) is 0 Å². The second kappa shape index (κ2) is 11.4. The van der Waals surface area contributed by atoms with Gasteiger partial charge in [-0.3, -0.25) is 0 Å². The lowest BCUT2D eigenvalue weighted by Crippen LogP contribution is -2.50. The van der Waals surface area contributed by atoms with Crippen LogP contribution in [-0.2, 0) is 10.0 Å². The summed E-state index contributed by atoms with van der Waals surface area (Å²) in [7, 11) is -3.46. The van der Waals surface area contributed by atoms with E-state index < -0.39 is 16.1 Å². The van der Waals surface area contributed by atoms with Crippen LogP contribution in [0, 0.1) is 6.92 Å². The van der Waals surface area contributed by atoms with Crippen LogP contribution in [-0.4, -0.2) is 57.2 Å². The normalized spacial score (nSPS) is 14.6. The summed E-state index contributed by atoms with van der Waals surface area (Å²) in [5.41, 5.74) is 4.20. The molecule has 35 heavy (non-hydrogen) atoms. The number of nitrogens with zero attached hydrogens (tertiary/aromatic N) is 2. The maximum absolute atomic E-state index is 12.9. The highest BCUT2D eigenvalue weighted by molar-refractivity contribution is 7.89. The summed E-state index contributed by atoms with van der Waals surface area (Å²) in [5.74, 6) is -0.133. The predicted octanol–water partition coefficient (Wildman–Crippen LogP) is 3.54. The molecule has 8 heteroatoms. The van der Waals surface area contributed by atoms with Crippen molar-refractivity contribution in [3.63, 3.8) is 0 Å². The maximum Gasteiger partial charge on any atom is 0.315 e. The molecule has 1 heterocycles. The summed E-state index contributed by atoms with van der Waals surface area (Å²) in [6, 6.07) is 26.9. The Bertz CT molecular complexity index is 1170. The minimum atomic E-state index is -3.46. The molecular formula is C27H32N4O3S. The molecule has 0 aromatic heterocycles. The summed E-state index contributed by atoms with van der Waals surface area (Å²) < 4.78 is 27.3. The number of aryl methyl sites for hydroxylation is 1. The van der Waals surface area contributed by atoms with Crippen molar-refractivity contribution in [1.82, 2.24) is 14.9 Å². The van der Waals surface area contributed by atoms with Crippen molar-refractivity contribution in [3.8, 4) is 0 Å². The zero-order valence-electron chi connectivity index (χ0n) is 19.9. The van der Waals surface area contributed by atoms with Crippen LogP contribution >= 0.6 is 0 Å². The lowest BCUT2D eigenvalue weighted by atomic mass is 9.99. The van der Waals surface area contributed by atoms with Gasteiger partial charge in [-0.05, 0) is 35.7 Å². The zero-order valence-corrected chi connectivity index (χ0v) is 20.7. The van der Waals surface area contributed by atoms with Crippen LogP contribution < -0.4 is 15.5 Å². The molecule has 4 rings (SSSR count). The van der Waals surface area contributed by atoms with Crippen LogP contribution in [0.1, 0.15) is 22.7 Å². The molecule has 3 aromatic carbocycles. The van der Waals surface area contributed by atoms with Crippen molar-refractivity contribution >= 4 is 21.7 Å². The molecule has 0 radical (unpaired) electrons. The van der Waals surface area contributed by atoms with E-state index in [1.165, 1.54) is 9.87 Å². The second-order valence-corrected chi connectivity index (χ2v) is 10.8. The number of hydrogen-bond donors (Lipinski definition) is 2. The van der Waals surface area contributed by atoms with Crippen LogP contribution in [0.15, 0.2) is 84.9 Å². The molecule has 1 aliphatic heterocycles. The Morgan fingerprint density at radius 3 is 2.03 bits per heavy atom. The highest BCUT2D eigenvalue weighted by Crippen LogP contribution is 2.22. The van der Waals surface area contributed by atoms with E-state index in [9.17, 15) is 13.2 Å². The number of carbonyl (C=O) groups is 1. The summed E-state index contributed by atoms with van der Waals surface area (Å²) in [6.45, 7) is 4.26. The molecule has 7 nitrogen and oxygen atoms in total. The van der Waals surface area contributed by atoms with Gasteiger partial charge in [-0.1, -0.05) is 72.8 Å². The molecule has 0 atom stereocenters. The highest BCUT2D eigenvalue weighted by Gasteiger charge is 2.27. The van der Waals surface area contributed by atoms with Crippen LogP contribution in [0.3, 0.4) is 0 Å². The fourth-order valence-electron chi connectivity index (χ4n) is 4.30. The first-order valence-corrected chi connectivity index (χ1v) is 13.5. The molecule has 0 bridgehead atoms. The van der Waals surface area contributed by atoms with Gasteiger partial charge < -0.3 is 15.5 Å². The number of rotatable bonds is 8. The molecule has 0 saturated carbocycles. The van der Waals surface area contributed by atoms with Crippen LogP contribution in [0.4, 0.5) is 10.5 Å².